The standard InChI is InChI=1S/C14H17F2NO3/c15-14(16)20-12-4-2-1-3-11(12)13(19)17-9-5-7-10(18)8-6-9/h1-4,9-10,14,18H,5-8H2,(H,17,19). The average molecular weight is 285 g/mol. The number of rotatable bonds is 4. The monoisotopic (exact) mass is 285 g/mol. The summed E-state index contributed by atoms with van der Waals surface area (Å²) in [5.41, 5.74) is 0.0962. The summed E-state index contributed by atoms with van der Waals surface area (Å²) in [7, 11) is 0. The molecule has 1 aliphatic rings. The van der Waals surface area contributed by atoms with E-state index in [9.17, 15) is 18.7 Å². The first-order valence-corrected chi connectivity index (χ1v) is 6.59. The Morgan fingerprint density at radius 3 is 2.55 bits per heavy atom. The van der Waals surface area contributed by atoms with Gasteiger partial charge in [0.05, 0.1) is 11.7 Å². The number of benzene rings is 1. The molecule has 1 amide bonds. The van der Waals surface area contributed by atoms with Crippen LogP contribution in [-0.2, 0) is 0 Å². The first-order chi connectivity index (χ1) is 9.56. The zero-order valence-electron chi connectivity index (χ0n) is 10.9. The summed E-state index contributed by atoms with van der Waals surface area (Å²) in [6.45, 7) is -2.96. The number of hydrogen-bond acceptors (Lipinski definition) is 3. The first-order valence-electron chi connectivity index (χ1n) is 6.59. The Hall–Kier alpha value is -1.69. The molecule has 1 aliphatic carbocycles. The van der Waals surface area contributed by atoms with Crippen molar-refractivity contribution in [3.8, 4) is 5.75 Å². The van der Waals surface area contributed by atoms with Crippen molar-refractivity contribution < 1.29 is 23.4 Å². The van der Waals surface area contributed by atoms with Gasteiger partial charge in [-0.3, -0.25) is 4.79 Å². The van der Waals surface area contributed by atoms with E-state index in [4.69, 9.17) is 0 Å². The second kappa shape index (κ2) is 6.65. The van der Waals surface area contributed by atoms with Crippen molar-refractivity contribution in [3.63, 3.8) is 0 Å². The maximum Gasteiger partial charge on any atom is 0.387 e. The molecule has 0 unspecified atom stereocenters. The van der Waals surface area contributed by atoms with Gasteiger partial charge in [0, 0.05) is 6.04 Å². The maximum atomic E-state index is 12.3. The Labute approximate surface area is 115 Å². The summed E-state index contributed by atoms with van der Waals surface area (Å²) in [5.74, 6) is -0.557. The fraction of sp³-hybridized carbons (Fsp3) is 0.500. The van der Waals surface area contributed by atoms with Gasteiger partial charge in [0.25, 0.3) is 5.91 Å². The van der Waals surface area contributed by atoms with Crippen LogP contribution in [-0.4, -0.2) is 29.8 Å². The lowest BCUT2D eigenvalue weighted by Crippen LogP contribution is -2.38. The van der Waals surface area contributed by atoms with Crippen molar-refractivity contribution in [2.45, 2.75) is 44.4 Å². The van der Waals surface area contributed by atoms with Crippen LogP contribution in [0.25, 0.3) is 0 Å². The van der Waals surface area contributed by atoms with Gasteiger partial charge in [-0.25, -0.2) is 0 Å². The normalized spacial score (nSPS) is 22.6. The highest BCUT2D eigenvalue weighted by Crippen LogP contribution is 2.22. The topological polar surface area (TPSA) is 58.6 Å². The van der Waals surface area contributed by atoms with E-state index in [0.717, 1.165) is 0 Å². The zero-order valence-corrected chi connectivity index (χ0v) is 10.9. The fourth-order valence-corrected chi connectivity index (χ4v) is 2.34. The number of para-hydroxylation sites is 1. The van der Waals surface area contributed by atoms with E-state index >= 15 is 0 Å². The van der Waals surface area contributed by atoms with Crippen LogP contribution in [0.15, 0.2) is 24.3 Å². The molecule has 1 fully saturated rings. The Bertz CT molecular complexity index is 459. The molecular weight excluding hydrogens is 268 g/mol. The molecule has 20 heavy (non-hydrogen) atoms. The molecule has 0 spiro atoms. The number of hydrogen-bond donors (Lipinski definition) is 2. The highest BCUT2D eigenvalue weighted by atomic mass is 19.3. The molecule has 0 atom stereocenters. The van der Waals surface area contributed by atoms with Crippen LogP contribution in [0.4, 0.5) is 8.78 Å². The molecule has 0 aromatic heterocycles. The maximum absolute atomic E-state index is 12.3. The Kier molecular flexibility index (Phi) is 4.89. The lowest BCUT2D eigenvalue weighted by molar-refractivity contribution is -0.0501. The molecule has 0 saturated heterocycles. The van der Waals surface area contributed by atoms with E-state index in [0.29, 0.717) is 25.7 Å². The molecule has 1 aromatic rings. The fourth-order valence-electron chi connectivity index (χ4n) is 2.34. The number of ether oxygens (including phenoxy) is 1. The molecule has 1 saturated carbocycles. The van der Waals surface area contributed by atoms with Crippen molar-refractivity contribution in [2.75, 3.05) is 0 Å². The quantitative estimate of drug-likeness (QED) is 0.892. The van der Waals surface area contributed by atoms with Gasteiger partial charge in [0.15, 0.2) is 0 Å². The molecule has 0 aliphatic heterocycles. The van der Waals surface area contributed by atoms with Gasteiger partial charge >= 0.3 is 6.61 Å². The third-order valence-corrected chi connectivity index (χ3v) is 3.38. The van der Waals surface area contributed by atoms with Crippen LogP contribution in [0.2, 0.25) is 0 Å². The zero-order chi connectivity index (χ0) is 14.5. The summed E-state index contributed by atoms with van der Waals surface area (Å²) in [6, 6.07) is 5.88. The number of alkyl halides is 2. The molecule has 0 heterocycles. The molecule has 1 aromatic carbocycles. The largest absolute Gasteiger partial charge is 0.434 e. The van der Waals surface area contributed by atoms with Crippen LogP contribution in [0.1, 0.15) is 36.0 Å². The molecule has 2 N–H and O–H groups in total. The molecular formula is C14H17F2NO3. The third kappa shape index (κ3) is 3.90. The minimum atomic E-state index is -2.96. The lowest BCUT2D eigenvalue weighted by Gasteiger charge is -2.26. The summed E-state index contributed by atoms with van der Waals surface area (Å²) in [6.07, 6.45) is 2.34. The van der Waals surface area contributed by atoms with Crippen molar-refractivity contribution >= 4 is 5.91 Å². The van der Waals surface area contributed by atoms with E-state index in [-0.39, 0.29) is 23.5 Å². The first kappa shape index (κ1) is 14.7. The van der Waals surface area contributed by atoms with Crippen molar-refractivity contribution in [1.29, 1.82) is 0 Å². The highest BCUT2D eigenvalue weighted by molar-refractivity contribution is 5.97. The second-order valence-electron chi connectivity index (χ2n) is 4.85. The average Bonchev–Trinajstić information content (AvgIpc) is 2.41. The van der Waals surface area contributed by atoms with Crippen molar-refractivity contribution in [3.05, 3.63) is 29.8 Å². The van der Waals surface area contributed by atoms with Crippen LogP contribution in [0.3, 0.4) is 0 Å². The van der Waals surface area contributed by atoms with Gasteiger partial charge in [-0.1, -0.05) is 12.1 Å². The van der Waals surface area contributed by atoms with Crippen LogP contribution in [0.5, 0.6) is 5.75 Å². The third-order valence-electron chi connectivity index (χ3n) is 3.38. The van der Waals surface area contributed by atoms with Crippen molar-refractivity contribution in [2.24, 2.45) is 0 Å². The Morgan fingerprint density at radius 1 is 1.25 bits per heavy atom. The summed E-state index contributed by atoms with van der Waals surface area (Å²) >= 11 is 0. The number of carbonyl (C=O) groups excluding carboxylic acids is 1. The molecule has 2 rings (SSSR count). The second-order valence-corrected chi connectivity index (χ2v) is 4.85. The number of carbonyl (C=O) groups is 1. The SMILES string of the molecule is O=C(NC1CCC(O)CC1)c1ccccc1OC(F)F. The molecule has 110 valence electrons. The summed E-state index contributed by atoms with van der Waals surface area (Å²) in [4.78, 5) is 12.1. The smallest absolute Gasteiger partial charge is 0.387 e. The van der Waals surface area contributed by atoms with Crippen LogP contribution in [0, 0.1) is 0 Å². The molecule has 6 heteroatoms. The van der Waals surface area contributed by atoms with Gasteiger partial charge in [0.1, 0.15) is 5.75 Å². The van der Waals surface area contributed by atoms with E-state index in [1.165, 1.54) is 18.2 Å². The number of aliphatic hydroxyl groups is 1. The molecule has 0 radical (unpaired) electrons. The summed E-state index contributed by atoms with van der Waals surface area (Å²) < 4.78 is 28.9. The van der Waals surface area contributed by atoms with Crippen molar-refractivity contribution in [1.82, 2.24) is 5.32 Å². The lowest BCUT2D eigenvalue weighted by atomic mass is 9.93. The summed E-state index contributed by atoms with van der Waals surface area (Å²) in [5, 5.41) is 12.2. The number of amides is 1. The minimum absolute atomic E-state index is 0.0366. The predicted molar refractivity (Wildman–Crippen MR) is 68.8 cm³/mol. The van der Waals surface area contributed by atoms with Gasteiger partial charge < -0.3 is 15.2 Å². The Balaban J connectivity index is 2.01. The van der Waals surface area contributed by atoms with Gasteiger partial charge in [0.2, 0.25) is 0 Å². The highest BCUT2D eigenvalue weighted by Gasteiger charge is 2.23. The van der Waals surface area contributed by atoms with Crippen LogP contribution < -0.4 is 10.1 Å². The van der Waals surface area contributed by atoms with E-state index in [1.54, 1.807) is 6.07 Å². The van der Waals surface area contributed by atoms with E-state index in [1.807, 2.05) is 0 Å². The van der Waals surface area contributed by atoms with Gasteiger partial charge in [-0.2, -0.15) is 8.78 Å². The number of halogens is 2. The molecule has 0 bridgehead atoms. The van der Waals surface area contributed by atoms with Crippen LogP contribution >= 0.6 is 0 Å². The Morgan fingerprint density at radius 2 is 1.90 bits per heavy atom. The van der Waals surface area contributed by atoms with Gasteiger partial charge in [-0.15, -0.1) is 0 Å². The predicted octanol–water partition coefficient (Wildman–Crippen LogP) is 2.32. The van der Waals surface area contributed by atoms with Gasteiger partial charge in [-0.05, 0) is 37.8 Å². The van der Waals surface area contributed by atoms with E-state index < -0.39 is 12.5 Å². The number of aliphatic hydroxyl groups excluding tert-OH is 1. The number of nitrogens with one attached hydrogen (secondary N) is 1. The minimum Gasteiger partial charge on any atom is -0.434 e. The molecule has 4 nitrogen and oxygen atoms in total. The van der Waals surface area contributed by atoms with E-state index in [2.05, 4.69) is 10.1 Å².